The lowest BCUT2D eigenvalue weighted by atomic mass is 9.96. The molecule has 4 N–H and O–H groups in total. The molecule has 3 heterocycles. The van der Waals surface area contributed by atoms with Crippen molar-refractivity contribution in [1.29, 1.82) is 5.41 Å². The van der Waals surface area contributed by atoms with E-state index in [4.69, 9.17) is 14.9 Å². The maximum Gasteiger partial charge on any atom is 0.246 e. The third-order valence-corrected chi connectivity index (χ3v) is 3.92. The summed E-state index contributed by atoms with van der Waals surface area (Å²) in [5, 5.41) is 37.4. The average molecular weight is 311 g/mol. The Morgan fingerprint density at radius 3 is 2.82 bits per heavy atom. The topological polar surface area (TPSA) is 143 Å². The van der Waals surface area contributed by atoms with Crippen LogP contribution in [0.15, 0.2) is 15.0 Å². The van der Waals surface area contributed by atoms with Crippen LogP contribution in [0, 0.1) is 5.41 Å². The molecule has 0 aliphatic carbocycles. The Kier molecular flexibility index (Phi) is 3.48. The zero-order chi connectivity index (χ0) is 16.1. The molecular weight excluding hydrogens is 294 g/mol. The molecule has 1 fully saturated rings. The predicted molar refractivity (Wildman–Crippen MR) is 76.1 cm³/mol. The van der Waals surface area contributed by atoms with Crippen molar-refractivity contribution in [1.82, 2.24) is 4.90 Å². The number of methoxy groups -OCH3 is 1. The Balaban J connectivity index is 1.91. The molecular formula is C12H17N5O5. The van der Waals surface area contributed by atoms with Gasteiger partial charge in [-0.3, -0.25) is 15.3 Å². The Morgan fingerprint density at radius 2 is 2.23 bits per heavy atom. The molecule has 0 amide bonds. The van der Waals surface area contributed by atoms with Gasteiger partial charge in [0.05, 0.1) is 20.1 Å². The average Bonchev–Trinajstić information content (AvgIpc) is 2.98. The van der Waals surface area contributed by atoms with Crippen LogP contribution in [-0.2, 0) is 9.47 Å². The summed E-state index contributed by atoms with van der Waals surface area (Å²) in [6.07, 6.45) is -1.81. The predicted octanol–water partition coefficient (Wildman–Crippen LogP) is -2.08. The summed E-state index contributed by atoms with van der Waals surface area (Å²) >= 11 is 0. The number of amidine groups is 1. The van der Waals surface area contributed by atoms with Gasteiger partial charge in [0, 0.05) is 0 Å². The number of hydrogen-bond donors (Lipinski definition) is 4. The van der Waals surface area contributed by atoms with Crippen molar-refractivity contribution in [3.05, 3.63) is 0 Å². The Bertz CT molecular complexity index is 586. The molecule has 0 aromatic carbocycles. The van der Waals surface area contributed by atoms with Crippen LogP contribution in [0.5, 0.6) is 0 Å². The zero-order valence-corrected chi connectivity index (χ0v) is 12.0. The highest BCUT2D eigenvalue weighted by molar-refractivity contribution is 6.21. The van der Waals surface area contributed by atoms with Crippen LogP contribution in [0.3, 0.4) is 0 Å². The SMILES string of the molecule is COC1=NC(=N)N=C2C1N=CN2[C@@H]1O[C@H](CO)[C@@H](O)[C@@]1(C)O. The molecule has 0 aromatic heterocycles. The first kappa shape index (κ1) is 15.0. The van der Waals surface area contributed by atoms with Crippen LogP contribution in [0.25, 0.3) is 0 Å². The number of nitrogens with one attached hydrogen (secondary N) is 1. The molecule has 0 radical (unpaired) electrons. The summed E-state index contributed by atoms with van der Waals surface area (Å²) in [5.74, 6) is 0.272. The second kappa shape index (κ2) is 5.09. The number of hydrogen-bond acceptors (Lipinski definition) is 8. The summed E-state index contributed by atoms with van der Waals surface area (Å²) in [5.41, 5.74) is -1.65. The lowest BCUT2D eigenvalue weighted by Crippen LogP contribution is -2.55. The van der Waals surface area contributed by atoms with E-state index in [0.717, 1.165) is 0 Å². The van der Waals surface area contributed by atoms with Gasteiger partial charge in [0.25, 0.3) is 0 Å². The molecule has 120 valence electrons. The van der Waals surface area contributed by atoms with Crippen molar-refractivity contribution in [3.8, 4) is 0 Å². The monoisotopic (exact) mass is 311 g/mol. The van der Waals surface area contributed by atoms with Crippen LogP contribution in [-0.4, -0.2) is 88.0 Å². The van der Waals surface area contributed by atoms with Gasteiger partial charge in [-0.1, -0.05) is 0 Å². The van der Waals surface area contributed by atoms with Crippen molar-refractivity contribution >= 4 is 24.0 Å². The molecule has 1 unspecified atom stereocenters. The normalized spacial score (nSPS) is 40.6. The van der Waals surface area contributed by atoms with E-state index in [0.29, 0.717) is 5.84 Å². The van der Waals surface area contributed by atoms with E-state index < -0.39 is 36.7 Å². The summed E-state index contributed by atoms with van der Waals surface area (Å²) in [6, 6.07) is -0.621. The minimum atomic E-state index is -1.65. The van der Waals surface area contributed by atoms with Crippen LogP contribution in [0.4, 0.5) is 0 Å². The van der Waals surface area contributed by atoms with E-state index in [-0.39, 0.29) is 11.9 Å². The third kappa shape index (κ3) is 2.03. The maximum atomic E-state index is 10.5. The first-order valence-corrected chi connectivity index (χ1v) is 6.68. The van der Waals surface area contributed by atoms with Crippen LogP contribution < -0.4 is 0 Å². The molecule has 0 spiro atoms. The van der Waals surface area contributed by atoms with E-state index in [1.165, 1.54) is 25.3 Å². The quantitative estimate of drug-likeness (QED) is 0.461. The second-order valence-electron chi connectivity index (χ2n) is 5.40. The first-order chi connectivity index (χ1) is 10.4. The molecule has 5 atom stereocenters. The minimum Gasteiger partial charge on any atom is -0.482 e. The maximum absolute atomic E-state index is 10.5. The lowest BCUT2D eigenvalue weighted by molar-refractivity contribution is -0.0935. The lowest BCUT2D eigenvalue weighted by Gasteiger charge is -2.33. The van der Waals surface area contributed by atoms with Gasteiger partial charge in [-0.2, -0.15) is 9.98 Å². The molecule has 0 saturated carbocycles. The van der Waals surface area contributed by atoms with Crippen molar-refractivity contribution < 1.29 is 24.8 Å². The van der Waals surface area contributed by atoms with E-state index in [1.54, 1.807) is 0 Å². The number of ether oxygens (including phenoxy) is 2. The highest BCUT2D eigenvalue weighted by Crippen LogP contribution is 2.34. The van der Waals surface area contributed by atoms with Crippen molar-refractivity contribution in [3.63, 3.8) is 0 Å². The second-order valence-corrected chi connectivity index (χ2v) is 5.40. The van der Waals surface area contributed by atoms with Gasteiger partial charge in [0.2, 0.25) is 11.9 Å². The van der Waals surface area contributed by atoms with Crippen molar-refractivity contribution in [2.45, 2.75) is 37.0 Å². The number of fused-ring (bicyclic) bond motifs is 1. The van der Waals surface area contributed by atoms with Gasteiger partial charge >= 0.3 is 0 Å². The minimum absolute atomic E-state index is 0.214. The molecule has 10 nitrogen and oxygen atoms in total. The van der Waals surface area contributed by atoms with E-state index in [2.05, 4.69) is 15.0 Å². The number of aliphatic hydroxyl groups is 3. The van der Waals surface area contributed by atoms with E-state index in [9.17, 15) is 15.3 Å². The number of rotatable bonds is 2. The molecule has 3 aliphatic heterocycles. The fourth-order valence-corrected chi connectivity index (χ4v) is 2.73. The van der Waals surface area contributed by atoms with Gasteiger partial charge < -0.3 is 24.8 Å². The zero-order valence-electron chi connectivity index (χ0n) is 12.0. The fraction of sp³-hybridized carbons (Fsp3) is 0.667. The van der Waals surface area contributed by atoms with E-state index in [1.807, 2.05) is 0 Å². The molecule has 10 heteroatoms. The molecule has 22 heavy (non-hydrogen) atoms. The Morgan fingerprint density at radius 1 is 1.50 bits per heavy atom. The molecule has 0 aromatic rings. The standard InChI is InChI=1S/C12H17N5O5/c1-12(20)7(19)5(3-18)22-10(12)17-4-14-6-8(17)15-11(13)16-9(6)21-2/h4-7,10,13,18-20H,3H2,1-2H3/t5-,6?,7-,10-,12-/m1/s1. The number of aliphatic hydroxyl groups excluding tert-OH is 2. The van der Waals surface area contributed by atoms with Crippen molar-refractivity contribution in [2.75, 3.05) is 13.7 Å². The van der Waals surface area contributed by atoms with Gasteiger partial charge in [0.15, 0.2) is 18.1 Å². The van der Waals surface area contributed by atoms with Gasteiger partial charge in [-0.15, -0.1) is 0 Å². The van der Waals surface area contributed by atoms with Crippen molar-refractivity contribution in [2.24, 2.45) is 15.0 Å². The summed E-state index contributed by atoms with van der Waals surface area (Å²) in [4.78, 5) is 13.5. The van der Waals surface area contributed by atoms with Gasteiger partial charge in [0.1, 0.15) is 17.8 Å². The van der Waals surface area contributed by atoms with Crippen LogP contribution in [0.2, 0.25) is 0 Å². The summed E-state index contributed by atoms with van der Waals surface area (Å²) in [6.45, 7) is 0.967. The van der Waals surface area contributed by atoms with E-state index >= 15 is 0 Å². The summed E-state index contributed by atoms with van der Waals surface area (Å²) in [7, 11) is 1.42. The number of nitrogens with zero attached hydrogens (tertiary/aromatic N) is 4. The first-order valence-electron chi connectivity index (χ1n) is 6.68. The van der Waals surface area contributed by atoms with Crippen LogP contribution in [0.1, 0.15) is 6.92 Å². The fourth-order valence-electron chi connectivity index (χ4n) is 2.73. The van der Waals surface area contributed by atoms with Gasteiger partial charge in [-0.25, -0.2) is 0 Å². The molecule has 0 bridgehead atoms. The largest absolute Gasteiger partial charge is 0.482 e. The number of guanidine groups is 1. The smallest absolute Gasteiger partial charge is 0.246 e. The Hall–Kier alpha value is -1.88. The molecule has 3 aliphatic rings. The summed E-state index contributed by atoms with van der Waals surface area (Å²) < 4.78 is 10.6. The third-order valence-electron chi connectivity index (χ3n) is 3.92. The van der Waals surface area contributed by atoms with Crippen LogP contribution >= 0.6 is 0 Å². The Labute approximate surface area is 125 Å². The highest BCUT2D eigenvalue weighted by Gasteiger charge is 2.56. The molecule has 3 rings (SSSR count). The number of aliphatic imine (C=N–C) groups is 3. The molecule has 1 saturated heterocycles. The highest BCUT2D eigenvalue weighted by atomic mass is 16.6. The van der Waals surface area contributed by atoms with Gasteiger partial charge in [-0.05, 0) is 6.92 Å².